The SMILES string of the molecule is CC(c1ccccc1)N(C)C(=O)CN(Cc1ccc(F)cc1F)C1CC1. The van der Waals surface area contributed by atoms with Crippen molar-refractivity contribution in [1.29, 1.82) is 0 Å². The highest BCUT2D eigenvalue weighted by Crippen LogP contribution is 2.29. The third-order valence-corrected chi connectivity index (χ3v) is 5.05. The Hall–Kier alpha value is -2.27. The van der Waals surface area contributed by atoms with E-state index in [4.69, 9.17) is 0 Å². The van der Waals surface area contributed by atoms with Crippen LogP contribution in [-0.4, -0.2) is 35.3 Å². The summed E-state index contributed by atoms with van der Waals surface area (Å²) >= 11 is 0. The van der Waals surface area contributed by atoms with Crippen LogP contribution in [0.4, 0.5) is 8.78 Å². The van der Waals surface area contributed by atoms with Crippen molar-refractivity contribution in [2.75, 3.05) is 13.6 Å². The molecule has 0 radical (unpaired) electrons. The van der Waals surface area contributed by atoms with E-state index < -0.39 is 11.6 Å². The van der Waals surface area contributed by atoms with Gasteiger partial charge in [-0.05, 0) is 31.4 Å². The molecule has 0 saturated heterocycles. The molecule has 3 rings (SSSR count). The van der Waals surface area contributed by atoms with Gasteiger partial charge in [-0.3, -0.25) is 9.69 Å². The minimum Gasteiger partial charge on any atom is -0.338 e. The summed E-state index contributed by atoms with van der Waals surface area (Å²) in [7, 11) is 1.80. The van der Waals surface area contributed by atoms with E-state index in [1.54, 1.807) is 11.9 Å². The second-order valence-corrected chi connectivity index (χ2v) is 6.96. The highest BCUT2D eigenvalue weighted by Gasteiger charge is 2.32. The Morgan fingerprint density at radius 3 is 2.46 bits per heavy atom. The van der Waals surface area contributed by atoms with Crippen LogP contribution in [0.5, 0.6) is 0 Å². The summed E-state index contributed by atoms with van der Waals surface area (Å²) in [6.07, 6.45) is 2.02. The smallest absolute Gasteiger partial charge is 0.237 e. The van der Waals surface area contributed by atoms with Gasteiger partial charge in [0.05, 0.1) is 12.6 Å². The number of benzene rings is 2. The summed E-state index contributed by atoms with van der Waals surface area (Å²) in [5.74, 6) is -1.15. The quantitative estimate of drug-likeness (QED) is 0.742. The fourth-order valence-electron chi connectivity index (χ4n) is 3.08. The average molecular weight is 358 g/mol. The van der Waals surface area contributed by atoms with Gasteiger partial charge in [0.1, 0.15) is 11.6 Å². The van der Waals surface area contributed by atoms with Gasteiger partial charge < -0.3 is 4.90 Å². The van der Waals surface area contributed by atoms with Crippen LogP contribution in [-0.2, 0) is 11.3 Å². The molecule has 2 aromatic rings. The maximum atomic E-state index is 14.0. The molecule has 26 heavy (non-hydrogen) atoms. The first-order valence-electron chi connectivity index (χ1n) is 8.94. The molecule has 2 aromatic carbocycles. The number of carbonyl (C=O) groups is 1. The molecule has 5 heteroatoms. The first-order valence-corrected chi connectivity index (χ1v) is 8.94. The van der Waals surface area contributed by atoms with Gasteiger partial charge in [-0.1, -0.05) is 36.4 Å². The molecule has 0 N–H and O–H groups in total. The largest absolute Gasteiger partial charge is 0.338 e. The molecule has 1 saturated carbocycles. The molecular weight excluding hydrogens is 334 g/mol. The maximum Gasteiger partial charge on any atom is 0.237 e. The van der Waals surface area contributed by atoms with E-state index in [1.165, 1.54) is 12.1 Å². The lowest BCUT2D eigenvalue weighted by Crippen LogP contribution is -2.40. The zero-order chi connectivity index (χ0) is 18.7. The number of halogens is 2. The summed E-state index contributed by atoms with van der Waals surface area (Å²) in [6, 6.07) is 13.7. The Kier molecular flexibility index (Phi) is 5.67. The van der Waals surface area contributed by atoms with Crippen molar-refractivity contribution < 1.29 is 13.6 Å². The molecule has 1 aliphatic carbocycles. The van der Waals surface area contributed by atoms with Crippen LogP contribution < -0.4 is 0 Å². The Labute approximate surface area is 153 Å². The topological polar surface area (TPSA) is 23.6 Å². The molecule has 0 heterocycles. The molecular formula is C21H24F2N2O. The van der Waals surface area contributed by atoms with E-state index in [0.29, 0.717) is 18.2 Å². The summed E-state index contributed by atoms with van der Waals surface area (Å²) < 4.78 is 27.1. The normalized spacial score (nSPS) is 15.1. The van der Waals surface area contributed by atoms with Crippen molar-refractivity contribution in [1.82, 2.24) is 9.80 Å². The average Bonchev–Trinajstić information content (AvgIpc) is 3.47. The van der Waals surface area contributed by atoms with Crippen LogP contribution >= 0.6 is 0 Å². The summed E-state index contributed by atoms with van der Waals surface area (Å²) in [5, 5.41) is 0. The fraction of sp³-hybridized carbons (Fsp3) is 0.381. The minimum atomic E-state index is -0.586. The first-order chi connectivity index (χ1) is 12.5. The number of nitrogens with zero attached hydrogens (tertiary/aromatic N) is 2. The zero-order valence-corrected chi connectivity index (χ0v) is 15.2. The number of rotatable bonds is 7. The van der Waals surface area contributed by atoms with Gasteiger partial charge in [0.25, 0.3) is 0 Å². The molecule has 1 atom stereocenters. The fourth-order valence-corrected chi connectivity index (χ4v) is 3.08. The van der Waals surface area contributed by atoms with Crippen LogP contribution in [0.1, 0.15) is 36.9 Å². The molecule has 0 spiro atoms. The third-order valence-electron chi connectivity index (χ3n) is 5.05. The van der Waals surface area contributed by atoms with Gasteiger partial charge in [0, 0.05) is 31.3 Å². The minimum absolute atomic E-state index is 0.00391. The molecule has 0 aliphatic heterocycles. The van der Waals surface area contributed by atoms with Crippen LogP contribution in [0.3, 0.4) is 0 Å². The van der Waals surface area contributed by atoms with Crippen molar-refractivity contribution in [2.24, 2.45) is 0 Å². The second-order valence-electron chi connectivity index (χ2n) is 6.96. The predicted octanol–water partition coefficient (Wildman–Crippen LogP) is 4.15. The molecule has 1 unspecified atom stereocenters. The number of likely N-dealkylation sites (N-methyl/N-ethyl adjacent to an activating group) is 1. The summed E-state index contributed by atoms with van der Waals surface area (Å²) in [6.45, 7) is 2.54. The molecule has 1 fully saturated rings. The highest BCUT2D eigenvalue weighted by molar-refractivity contribution is 5.78. The third kappa shape index (κ3) is 4.47. The molecule has 3 nitrogen and oxygen atoms in total. The molecule has 138 valence electrons. The van der Waals surface area contributed by atoms with Crippen LogP contribution in [0, 0.1) is 11.6 Å². The van der Waals surface area contributed by atoms with Gasteiger partial charge in [0.15, 0.2) is 0 Å². The number of hydrogen-bond donors (Lipinski definition) is 0. The standard InChI is InChI=1S/C21H24F2N2O/c1-15(16-6-4-3-5-7-16)24(2)21(26)14-25(19-10-11-19)13-17-8-9-18(22)12-20(17)23/h3-9,12,15,19H,10-11,13-14H2,1-2H3. The van der Waals surface area contributed by atoms with Gasteiger partial charge in [0.2, 0.25) is 5.91 Å². The highest BCUT2D eigenvalue weighted by atomic mass is 19.1. The summed E-state index contributed by atoms with van der Waals surface area (Å²) in [4.78, 5) is 16.5. The number of carbonyl (C=O) groups excluding carboxylic acids is 1. The Bertz CT molecular complexity index is 762. The van der Waals surface area contributed by atoms with Crippen molar-refractivity contribution in [3.8, 4) is 0 Å². The Morgan fingerprint density at radius 2 is 1.85 bits per heavy atom. The van der Waals surface area contributed by atoms with E-state index in [0.717, 1.165) is 24.5 Å². The predicted molar refractivity (Wildman–Crippen MR) is 97.4 cm³/mol. The van der Waals surface area contributed by atoms with Crippen LogP contribution in [0.25, 0.3) is 0 Å². The number of amides is 1. The first kappa shape index (κ1) is 18.5. The number of hydrogen-bond acceptors (Lipinski definition) is 2. The van der Waals surface area contributed by atoms with Crippen LogP contribution in [0.2, 0.25) is 0 Å². The van der Waals surface area contributed by atoms with Crippen molar-refractivity contribution in [2.45, 2.75) is 38.4 Å². The van der Waals surface area contributed by atoms with E-state index in [2.05, 4.69) is 0 Å². The van der Waals surface area contributed by atoms with Crippen molar-refractivity contribution in [3.63, 3.8) is 0 Å². The second kappa shape index (κ2) is 7.96. The van der Waals surface area contributed by atoms with E-state index in [1.807, 2.05) is 42.2 Å². The molecule has 0 aromatic heterocycles. The lowest BCUT2D eigenvalue weighted by molar-refractivity contribution is -0.133. The van der Waals surface area contributed by atoms with Gasteiger partial charge in [-0.15, -0.1) is 0 Å². The monoisotopic (exact) mass is 358 g/mol. The molecule has 0 bridgehead atoms. The lowest BCUT2D eigenvalue weighted by atomic mass is 10.1. The van der Waals surface area contributed by atoms with Crippen LogP contribution in [0.15, 0.2) is 48.5 Å². The van der Waals surface area contributed by atoms with Gasteiger partial charge in [-0.25, -0.2) is 8.78 Å². The Morgan fingerprint density at radius 1 is 1.15 bits per heavy atom. The van der Waals surface area contributed by atoms with Gasteiger partial charge >= 0.3 is 0 Å². The van der Waals surface area contributed by atoms with Crippen molar-refractivity contribution in [3.05, 3.63) is 71.3 Å². The van der Waals surface area contributed by atoms with E-state index in [-0.39, 0.29) is 18.5 Å². The maximum absolute atomic E-state index is 14.0. The summed E-state index contributed by atoms with van der Waals surface area (Å²) in [5.41, 5.74) is 1.50. The van der Waals surface area contributed by atoms with E-state index >= 15 is 0 Å². The zero-order valence-electron chi connectivity index (χ0n) is 15.2. The van der Waals surface area contributed by atoms with Crippen molar-refractivity contribution >= 4 is 5.91 Å². The lowest BCUT2D eigenvalue weighted by Gasteiger charge is -2.29. The Balaban J connectivity index is 1.67. The van der Waals surface area contributed by atoms with E-state index in [9.17, 15) is 13.6 Å². The molecule has 1 aliphatic rings. The molecule has 1 amide bonds. The van der Waals surface area contributed by atoms with Gasteiger partial charge in [-0.2, -0.15) is 0 Å².